The van der Waals surface area contributed by atoms with Crippen LogP contribution in [0.2, 0.25) is 0 Å². The van der Waals surface area contributed by atoms with Gasteiger partial charge in [-0.2, -0.15) is 5.10 Å². The van der Waals surface area contributed by atoms with E-state index in [2.05, 4.69) is 45.8 Å². The Balaban J connectivity index is 1.40. The zero-order chi connectivity index (χ0) is 24.2. The van der Waals surface area contributed by atoms with E-state index in [1.165, 1.54) is 18.4 Å². The molecule has 5 rings (SSSR count). The van der Waals surface area contributed by atoms with E-state index in [0.29, 0.717) is 5.69 Å². The number of pyridine rings is 1. The molecule has 4 aromatic rings. The van der Waals surface area contributed by atoms with Crippen LogP contribution in [0.1, 0.15) is 58.7 Å². The van der Waals surface area contributed by atoms with E-state index in [1.807, 2.05) is 67.8 Å². The van der Waals surface area contributed by atoms with Crippen LogP contribution in [0.4, 0.5) is 5.69 Å². The molecule has 1 saturated carbocycles. The number of aromatic nitrogens is 3. The number of carbonyl (C=O) groups is 1. The lowest BCUT2D eigenvalue weighted by Crippen LogP contribution is -2.25. The lowest BCUT2D eigenvalue weighted by molar-refractivity contribution is 0.101. The van der Waals surface area contributed by atoms with Crippen molar-refractivity contribution in [2.75, 3.05) is 11.9 Å². The number of amides is 1. The van der Waals surface area contributed by atoms with Crippen LogP contribution in [0, 0.1) is 12.8 Å². The van der Waals surface area contributed by atoms with Crippen molar-refractivity contribution in [1.29, 1.82) is 0 Å². The van der Waals surface area contributed by atoms with Gasteiger partial charge in [0.25, 0.3) is 5.91 Å². The standard InChI is InChI=1S/C29H31N5O/c1-3-21-6-4-9-26(17-21)34-27(16-20(2)33-34)29(35)32-25-8-5-7-24(18-25)28(31-19-22-10-11-22)23-12-14-30-15-13-23/h4-9,12-18,22,28,31H,3,10-11,19H2,1-2H3,(H,32,35). The highest BCUT2D eigenvalue weighted by Gasteiger charge is 2.24. The van der Waals surface area contributed by atoms with Crippen molar-refractivity contribution < 1.29 is 4.79 Å². The lowest BCUT2D eigenvalue weighted by Gasteiger charge is -2.20. The van der Waals surface area contributed by atoms with Crippen LogP contribution >= 0.6 is 0 Å². The van der Waals surface area contributed by atoms with E-state index in [1.54, 1.807) is 4.68 Å². The average molecular weight is 466 g/mol. The Hall–Kier alpha value is -3.77. The molecule has 178 valence electrons. The number of aryl methyl sites for hydroxylation is 2. The Morgan fingerprint density at radius 2 is 1.83 bits per heavy atom. The summed E-state index contributed by atoms with van der Waals surface area (Å²) in [6.07, 6.45) is 7.16. The van der Waals surface area contributed by atoms with E-state index in [0.717, 1.165) is 47.1 Å². The fourth-order valence-corrected chi connectivity index (χ4v) is 4.35. The molecule has 6 heteroatoms. The average Bonchev–Trinajstić information content (AvgIpc) is 3.63. The fraction of sp³-hybridized carbons (Fsp3) is 0.276. The highest BCUT2D eigenvalue weighted by atomic mass is 16.2. The second-order valence-electron chi connectivity index (χ2n) is 9.25. The first-order valence-electron chi connectivity index (χ1n) is 12.3. The summed E-state index contributed by atoms with van der Waals surface area (Å²) in [7, 11) is 0. The predicted molar refractivity (Wildman–Crippen MR) is 139 cm³/mol. The van der Waals surface area contributed by atoms with Crippen LogP contribution in [0.15, 0.2) is 79.1 Å². The SMILES string of the molecule is CCc1cccc(-n2nc(C)cc2C(=O)Nc2cccc(C(NCC3CC3)c3ccncc3)c2)c1. The van der Waals surface area contributed by atoms with Gasteiger partial charge in [0, 0.05) is 18.1 Å². The molecule has 1 unspecified atom stereocenters. The molecule has 1 atom stereocenters. The van der Waals surface area contributed by atoms with Gasteiger partial charge in [-0.3, -0.25) is 9.78 Å². The van der Waals surface area contributed by atoms with Gasteiger partial charge < -0.3 is 10.6 Å². The summed E-state index contributed by atoms with van der Waals surface area (Å²) in [5.41, 5.74) is 6.43. The van der Waals surface area contributed by atoms with Crippen molar-refractivity contribution in [3.05, 3.63) is 107 Å². The van der Waals surface area contributed by atoms with Gasteiger partial charge in [0.15, 0.2) is 0 Å². The van der Waals surface area contributed by atoms with E-state index < -0.39 is 0 Å². The minimum absolute atomic E-state index is 0.0417. The number of benzene rings is 2. The van der Waals surface area contributed by atoms with Gasteiger partial charge in [-0.05, 0) is 97.8 Å². The molecule has 0 radical (unpaired) electrons. The Bertz CT molecular complexity index is 1310. The first-order valence-corrected chi connectivity index (χ1v) is 12.3. The molecule has 0 aliphatic heterocycles. The van der Waals surface area contributed by atoms with E-state index in [-0.39, 0.29) is 11.9 Å². The number of anilines is 1. The number of hydrogen-bond donors (Lipinski definition) is 2. The monoisotopic (exact) mass is 465 g/mol. The number of rotatable bonds is 9. The van der Waals surface area contributed by atoms with Gasteiger partial charge in [-0.15, -0.1) is 0 Å². The normalized spacial score (nSPS) is 14.0. The molecule has 1 aliphatic carbocycles. The lowest BCUT2D eigenvalue weighted by atomic mass is 9.99. The Morgan fingerprint density at radius 3 is 2.60 bits per heavy atom. The molecule has 1 amide bonds. The van der Waals surface area contributed by atoms with Crippen LogP contribution < -0.4 is 10.6 Å². The van der Waals surface area contributed by atoms with Gasteiger partial charge in [-0.25, -0.2) is 4.68 Å². The van der Waals surface area contributed by atoms with Crippen molar-refractivity contribution >= 4 is 11.6 Å². The van der Waals surface area contributed by atoms with E-state index in [9.17, 15) is 4.79 Å². The maximum Gasteiger partial charge on any atom is 0.274 e. The minimum Gasteiger partial charge on any atom is -0.321 e. The van der Waals surface area contributed by atoms with E-state index >= 15 is 0 Å². The molecule has 2 aromatic heterocycles. The minimum atomic E-state index is -0.184. The molecule has 0 saturated heterocycles. The topological polar surface area (TPSA) is 71.8 Å². The maximum atomic E-state index is 13.4. The van der Waals surface area contributed by atoms with Crippen LogP contribution in [-0.2, 0) is 6.42 Å². The number of nitrogens with one attached hydrogen (secondary N) is 2. The molecule has 35 heavy (non-hydrogen) atoms. The third kappa shape index (κ3) is 5.49. The van der Waals surface area contributed by atoms with Crippen molar-refractivity contribution in [3.63, 3.8) is 0 Å². The fourth-order valence-electron chi connectivity index (χ4n) is 4.35. The van der Waals surface area contributed by atoms with Crippen LogP contribution in [-0.4, -0.2) is 27.2 Å². The zero-order valence-corrected chi connectivity index (χ0v) is 20.2. The third-order valence-corrected chi connectivity index (χ3v) is 6.45. The van der Waals surface area contributed by atoms with Gasteiger partial charge in [0.05, 0.1) is 17.4 Å². The summed E-state index contributed by atoms with van der Waals surface area (Å²) in [4.78, 5) is 17.5. The van der Waals surface area contributed by atoms with Crippen molar-refractivity contribution in [3.8, 4) is 5.69 Å². The Kier molecular flexibility index (Phi) is 6.73. The van der Waals surface area contributed by atoms with Gasteiger partial charge in [0.2, 0.25) is 0 Å². The Labute approximate surface area is 206 Å². The number of hydrogen-bond acceptors (Lipinski definition) is 4. The number of nitrogens with zero attached hydrogens (tertiary/aromatic N) is 3. The summed E-state index contributed by atoms with van der Waals surface area (Å²) in [6, 6.07) is 22.2. The molecule has 0 bridgehead atoms. The van der Waals surface area contributed by atoms with Crippen molar-refractivity contribution in [2.24, 2.45) is 5.92 Å². The van der Waals surface area contributed by atoms with Gasteiger partial charge in [-0.1, -0.05) is 31.2 Å². The van der Waals surface area contributed by atoms with Crippen molar-refractivity contribution in [2.45, 2.75) is 39.2 Å². The second-order valence-corrected chi connectivity index (χ2v) is 9.25. The van der Waals surface area contributed by atoms with E-state index in [4.69, 9.17) is 0 Å². The second kappa shape index (κ2) is 10.2. The quantitative estimate of drug-likeness (QED) is 0.343. The molecule has 2 aromatic carbocycles. The van der Waals surface area contributed by atoms with Crippen LogP contribution in [0.5, 0.6) is 0 Å². The summed E-state index contributed by atoms with van der Waals surface area (Å²) in [5, 5.41) is 11.4. The molecular weight excluding hydrogens is 434 g/mol. The van der Waals surface area contributed by atoms with Gasteiger partial charge >= 0.3 is 0 Å². The van der Waals surface area contributed by atoms with Crippen molar-refractivity contribution in [1.82, 2.24) is 20.1 Å². The first-order chi connectivity index (χ1) is 17.1. The maximum absolute atomic E-state index is 13.4. The van der Waals surface area contributed by atoms with Crippen LogP contribution in [0.3, 0.4) is 0 Å². The third-order valence-electron chi connectivity index (χ3n) is 6.45. The zero-order valence-electron chi connectivity index (χ0n) is 20.2. The van der Waals surface area contributed by atoms with Crippen LogP contribution in [0.25, 0.3) is 5.69 Å². The smallest absolute Gasteiger partial charge is 0.274 e. The number of carbonyl (C=O) groups excluding carboxylic acids is 1. The molecule has 1 aliphatic rings. The molecule has 6 nitrogen and oxygen atoms in total. The largest absolute Gasteiger partial charge is 0.321 e. The first kappa shape index (κ1) is 23.0. The summed E-state index contributed by atoms with van der Waals surface area (Å²) in [6.45, 7) is 5.01. The Morgan fingerprint density at radius 1 is 1.03 bits per heavy atom. The molecule has 2 N–H and O–H groups in total. The molecule has 1 fully saturated rings. The molecule has 0 spiro atoms. The highest BCUT2D eigenvalue weighted by Crippen LogP contribution is 2.30. The predicted octanol–water partition coefficient (Wildman–Crippen LogP) is 5.48. The summed E-state index contributed by atoms with van der Waals surface area (Å²) >= 11 is 0. The summed E-state index contributed by atoms with van der Waals surface area (Å²) < 4.78 is 1.73. The molecular formula is C29H31N5O. The molecule has 2 heterocycles. The van der Waals surface area contributed by atoms with Gasteiger partial charge in [0.1, 0.15) is 5.69 Å². The summed E-state index contributed by atoms with van der Waals surface area (Å²) in [5.74, 6) is 0.577. The highest BCUT2D eigenvalue weighted by molar-refractivity contribution is 6.03.